The Labute approximate surface area is 99.9 Å². The number of rotatable bonds is 6. The van der Waals surface area contributed by atoms with Gasteiger partial charge in [0.05, 0.1) is 6.54 Å². The van der Waals surface area contributed by atoms with Crippen LogP contribution in [0, 0.1) is 0 Å². The molecule has 17 heavy (non-hydrogen) atoms. The number of hydrogen-bond donors (Lipinski definition) is 1. The lowest BCUT2D eigenvalue weighted by Gasteiger charge is -2.03. The SMILES string of the molecule is CCCn1ncnc1Cn1cnc(CNC)n1. The van der Waals surface area contributed by atoms with Gasteiger partial charge in [-0.25, -0.2) is 19.3 Å². The van der Waals surface area contributed by atoms with Crippen molar-refractivity contribution in [2.24, 2.45) is 0 Å². The molecule has 1 N–H and O–H groups in total. The second-order valence-corrected chi connectivity index (χ2v) is 3.79. The molecule has 7 nitrogen and oxygen atoms in total. The summed E-state index contributed by atoms with van der Waals surface area (Å²) in [4.78, 5) is 8.43. The third-order valence-corrected chi connectivity index (χ3v) is 2.35. The lowest BCUT2D eigenvalue weighted by molar-refractivity contribution is 0.536. The number of hydrogen-bond acceptors (Lipinski definition) is 5. The Morgan fingerprint density at radius 2 is 2.24 bits per heavy atom. The number of nitrogens with zero attached hydrogens (tertiary/aromatic N) is 6. The number of nitrogens with one attached hydrogen (secondary N) is 1. The first-order valence-electron chi connectivity index (χ1n) is 5.73. The third-order valence-electron chi connectivity index (χ3n) is 2.35. The van der Waals surface area contributed by atoms with Gasteiger partial charge in [-0.15, -0.1) is 0 Å². The molecule has 0 aliphatic heterocycles. The van der Waals surface area contributed by atoms with E-state index in [2.05, 4.69) is 32.4 Å². The van der Waals surface area contributed by atoms with Gasteiger partial charge in [-0.05, 0) is 13.5 Å². The highest BCUT2D eigenvalue weighted by Crippen LogP contribution is 1.99. The molecular formula is C10H17N7. The van der Waals surface area contributed by atoms with Gasteiger partial charge < -0.3 is 5.32 Å². The molecule has 0 aromatic carbocycles. The van der Waals surface area contributed by atoms with Crippen molar-refractivity contribution in [1.82, 2.24) is 34.8 Å². The monoisotopic (exact) mass is 235 g/mol. The summed E-state index contributed by atoms with van der Waals surface area (Å²) >= 11 is 0. The van der Waals surface area contributed by atoms with Gasteiger partial charge >= 0.3 is 0 Å². The Kier molecular flexibility index (Phi) is 3.81. The summed E-state index contributed by atoms with van der Waals surface area (Å²) in [5.74, 6) is 1.70. The van der Waals surface area contributed by atoms with Gasteiger partial charge in [-0.3, -0.25) is 0 Å². The van der Waals surface area contributed by atoms with Crippen LogP contribution in [0.1, 0.15) is 25.0 Å². The summed E-state index contributed by atoms with van der Waals surface area (Å²) in [6.45, 7) is 4.28. The lowest BCUT2D eigenvalue weighted by atomic mass is 10.5. The molecule has 0 radical (unpaired) electrons. The molecular weight excluding hydrogens is 218 g/mol. The van der Waals surface area contributed by atoms with E-state index in [1.165, 1.54) is 0 Å². The normalized spacial score (nSPS) is 10.9. The van der Waals surface area contributed by atoms with Crippen molar-refractivity contribution < 1.29 is 0 Å². The predicted octanol–water partition coefficient (Wildman–Crippen LogP) is 0.0473. The average molecular weight is 235 g/mol. The van der Waals surface area contributed by atoms with Crippen LogP contribution in [0.2, 0.25) is 0 Å². The summed E-state index contributed by atoms with van der Waals surface area (Å²) in [6.07, 6.45) is 4.34. The Morgan fingerprint density at radius 3 is 3.00 bits per heavy atom. The maximum absolute atomic E-state index is 4.34. The van der Waals surface area contributed by atoms with Crippen molar-refractivity contribution in [3.63, 3.8) is 0 Å². The molecule has 7 heteroatoms. The molecule has 0 saturated carbocycles. The van der Waals surface area contributed by atoms with Gasteiger partial charge in [-0.1, -0.05) is 6.92 Å². The number of aromatic nitrogens is 6. The molecule has 2 aromatic rings. The van der Waals surface area contributed by atoms with E-state index in [0.717, 1.165) is 24.6 Å². The fourth-order valence-electron chi connectivity index (χ4n) is 1.60. The van der Waals surface area contributed by atoms with Gasteiger partial charge in [0, 0.05) is 6.54 Å². The first kappa shape index (κ1) is 11.7. The van der Waals surface area contributed by atoms with E-state index in [1.54, 1.807) is 17.3 Å². The van der Waals surface area contributed by atoms with Crippen molar-refractivity contribution in [3.05, 3.63) is 24.3 Å². The Hall–Kier alpha value is -1.76. The highest BCUT2D eigenvalue weighted by molar-refractivity contribution is 4.88. The van der Waals surface area contributed by atoms with Crippen molar-refractivity contribution >= 4 is 0 Å². The third kappa shape index (κ3) is 2.88. The predicted molar refractivity (Wildman–Crippen MR) is 62.2 cm³/mol. The van der Waals surface area contributed by atoms with E-state index in [0.29, 0.717) is 13.1 Å². The van der Waals surface area contributed by atoms with Crippen LogP contribution >= 0.6 is 0 Å². The van der Waals surface area contributed by atoms with Crippen LogP contribution in [0.3, 0.4) is 0 Å². The molecule has 0 bridgehead atoms. The first-order valence-corrected chi connectivity index (χ1v) is 5.73. The van der Waals surface area contributed by atoms with Crippen LogP contribution < -0.4 is 5.32 Å². The zero-order valence-corrected chi connectivity index (χ0v) is 10.2. The van der Waals surface area contributed by atoms with Gasteiger partial charge in [0.15, 0.2) is 5.82 Å². The maximum Gasteiger partial charge on any atom is 0.164 e. The quantitative estimate of drug-likeness (QED) is 0.765. The molecule has 0 amide bonds. The van der Waals surface area contributed by atoms with Gasteiger partial charge in [0.25, 0.3) is 0 Å². The van der Waals surface area contributed by atoms with E-state index in [-0.39, 0.29) is 0 Å². The highest BCUT2D eigenvalue weighted by Gasteiger charge is 2.06. The molecule has 0 spiro atoms. The Balaban J connectivity index is 2.05. The Morgan fingerprint density at radius 1 is 1.35 bits per heavy atom. The molecule has 0 atom stereocenters. The largest absolute Gasteiger partial charge is 0.313 e. The van der Waals surface area contributed by atoms with Crippen molar-refractivity contribution in [3.8, 4) is 0 Å². The minimum atomic E-state index is 0.608. The van der Waals surface area contributed by atoms with Crippen molar-refractivity contribution in [1.29, 1.82) is 0 Å². The molecule has 0 aliphatic rings. The summed E-state index contributed by atoms with van der Waals surface area (Å²) in [5, 5.41) is 11.5. The standard InChI is InChI=1S/C10H17N7/c1-3-4-17-10(12-7-14-17)6-16-8-13-9(15-16)5-11-2/h7-8,11H,3-6H2,1-2H3. The topological polar surface area (TPSA) is 73.5 Å². The van der Waals surface area contributed by atoms with Gasteiger partial charge in [-0.2, -0.15) is 10.2 Å². The second kappa shape index (κ2) is 5.53. The van der Waals surface area contributed by atoms with Crippen molar-refractivity contribution in [2.75, 3.05) is 7.05 Å². The molecule has 2 rings (SSSR count). The van der Waals surface area contributed by atoms with Crippen LogP contribution in [0.15, 0.2) is 12.7 Å². The summed E-state index contributed by atoms with van der Waals surface area (Å²) in [7, 11) is 1.87. The lowest BCUT2D eigenvalue weighted by Crippen LogP contribution is -2.11. The van der Waals surface area contributed by atoms with Gasteiger partial charge in [0.1, 0.15) is 25.0 Å². The zero-order valence-electron chi connectivity index (χ0n) is 10.2. The Bertz CT molecular complexity index is 459. The fourth-order valence-corrected chi connectivity index (χ4v) is 1.60. The first-order chi connectivity index (χ1) is 8.33. The van der Waals surface area contributed by atoms with E-state index >= 15 is 0 Å². The molecule has 2 heterocycles. The van der Waals surface area contributed by atoms with E-state index in [9.17, 15) is 0 Å². The van der Waals surface area contributed by atoms with Crippen LogP contribution in [0.25, 0.3) is 0 Å². The van der Waals surface area contributed by atoms with E-state index in [1.807, 2.05) is 11.7 Å². The average Bonchev–Trinajstić information content (AvgIpc) is 2.91. The number of aryl methyl sites for hydroxylation is 1. The van der Waals surface area contributed by atoms with Crippen LogP contribution in [-0.4, -0.2) is 36.6 Å². The maximum atomic E-state index is 4.34. The minimum Gasteiger partial charge on any atom is -0.313 e. The molecule has 92 valence electrons. The summed E-state index contributed by atoms with van der Waals surface area (Å²) in [6, 6.07) is 0. The zero-order chi connectivity index (χ0) is 12.1. The molecule has 0 fully saturated rings. The van der Waals surface area contributed by atoms with E-state index in [4.69, 9.17) is 0 Å². The molecule has 0 unspecified atom stereocenters. The summed E-state index contributed by atoms with van der Waals surface area (Å²) < 4.78 is 3.68. The van der Waals surface area contributed by atoms with Crippen LogP contribution in [-0.2, 0) is 19.6 Å². The van der Waals surface area contributed by atoms with Gasteiger partial charge in [0.2, 0.25) is 0 Å². The van der Waals surface area contributed by atoms with E-state index < -0.39 is 0 Å². The molecule has 0 aliphatic carbocycles. The van der Waals surface area contributed by atoms with Crippen molar-refractivity contribution in [2.45, 2.75) is 33.0 Å². The van der Waals surface area contributed by atoms with Crippen LogP contribution in [0.4, 0.5) is 0 Å². The fraction of sp³-hybridized carbons (Fsp3) is 0.600. The molecule has 2 aromatic heterocycles. The highest BCUT2D eigenvalue weighted by atomic mass is 15.4. The van der Waals surface area contributed by atoms with Crippen LogP contribution in [0.5, 0.6) is 0 Å². The minimum absolute atomic E-state index is 0.608. The second-order valence-electron chi connectivity index (χ2n) is 3.79. The smallest absolute Gasteiger partial charge is 0.164 e. The summed E-state index contributed by atoms with van der Waals surface area (Å²) in [5.41, 5.74) is 0. The molecule has 0 saturated heterocycles.